The molecule has 4 aromatic rings. The zero-order chi connectivity index (χ0) is 23.7. The van der Waals surface area contributed by atoms with Crippen molar-refractivity contribution < 1.29 is 9.53 Å². The smallest absolute Gasteiger partial charge is 0.337 e. The molecule has 0 amide bonds. The Morgan fingerprint density at radius 2 is 1.52 bits per heavy atom. The highest BCUT2D eigenvalue weighted by Crippen LogP contribution is 2.36. The van der Waals surface area contributed by atoms with Gasteiger partial charge in [-0.1, -0.05) is 70.7 Å². The number of hydrogen-bond acceptors (Lipinski definition) is 3. The molecule has 168 valence electrons. The van der Waals surface area contributed by atoms with Gasteiger partial charge in [-0.3, -0.25) is 4.68 Å². The van der Waals surface area contributed by atoms with Crippen LogP contribution in [0, 0.1) is 6.92 Å². The van der Waals surface area contributed by atoms with Crippen molar-refractivity contribution in [3.63, 3.8) is 0 Å². The summed E-state index contributed by atoms with van der Waals surface area (Å²) in [5.74, 6) is -0.394. The minimum Gasteiger partial charge on any atom is -0.465 e. The monoisotopic (exact) mass is 518 g/mol. The first-order valence-electron chi connectivity index (χ1n) is 9.94. The van der Waals surface area contributed by atoms with Crippen molar-refractivity contribution in [1.29, 1.82) is 0 Å². The zero-order valence-electron chi connectivity index (χ0n) is 17.7. The van der Waals surface area contributed by atoms with E-state index in [4.69, 9.17) is 56.2 Å². The molecule has 0 bridgehead atoms. The van der Waals surface area contributed by atoms with Crippen LogP contribution < -0.4 is 0 Å². The Kier molecular flexibility index (Phi) is 7.01. The second kappa shape index (κ2) is 9.78. The van der Waals surface area contributed by atoms with Crippen molar-refractivity contribution in [2.75, 3.05) is 7.11 Å². The van der Waals surface area contributed by atoms with Gasteiger partial charge in [-0.2, -0.15) is 5.10 Å². The topological polar surface area (TPSA) is 44.1 Å². The predicted molar refractivity (Wildman–Crippen MR) is 135 cm³/mol. The number of nitrogens with zero attached hydrogens (tertiary/aromatic N) is 2. The van der Waals surface area contributed by atoms with E-state index in [1.54, 1.807) is 30.3 Å². The van der Waals surface area contributed by atoms with Crippen molar-refractivity contribution in [1.82, 2.24) is 9.78 Å². The lowest BCUT2D eigenvalue weighted by molar-refractivity contribution is 0.0600. The van der Waals surface area contributed by atoms with Crippen LogP contribution in [0.1, 0.15) is 21.5 Å². The fourth-order valence-corrected chi connectivity index (χ4v) is 4.28. The first-order valence-corrected chi connectivity index (χ1v) is 11.4. The third-order valence-corrected chi connectivity index (χ3v) is 6.73. The van der Waals surface area contributed by atoms with Gasteiger partial charge in [0.2, 0.25) is 0 Å². The van der Waals surface area contributed by atoms with E-state index in [-0.39, 0.29) is 0 Å². The Morgan fingerprint density at radius 3 is 2.15 bits per heavy atom. The number of benzene rings is 3. The summed E-state index contributed by atoms with van der Waals surface area (Å²) in [5, 5.41) is 6.74. The van der Waals surface area contributed by atoms with Gasteiger partial charge in [-0.25, -0.2) is 4.79 Å². The first kappa shape index (κ1) is 23.7. The van der Waals surface area contributed by atoms with Gasteiger partial charge in [0.05, 0.1) is 50.7 Å². The summed E-state index contributed by atoms with van der Waals surface area (Å²) in [7, 11) is 1.36. The minimum atomic E-state index is -0.394. The number of carbonyl (C=O) groups is 1. The Bertz CT molecular complexity index is 1360. The molecule has 8 heteroatoms. The predicted octanol–water partition coefficient (Wildman–Crippen LogP) is 7.97. The molecule has 3 aromatic carbocycles. The lowest BCUT2D eigenvalue weighted by atomic mass is 10.0. The normalized spacial score (nSPS) is 11.0. The number of halogens is 4. The largest absolute Gasteiger partial charge is 0.465 e. The maximum absolute atomic E-state index is 12.0. The van der Waals surface area contributed by atoms with Crippen LogP contribution in [0.3, 0.4) is 0 Å². The molecule has 0 unspecified atom stereocenters. The van der Waals surface area contributed by atoms with Gasteiger partial charge in [0.1, 0.15) is 0 Å². The van der Waals surface area contributed by atoms with Crippen LogP contribution in [0.15, 0.2) is 60.7 Å². The molecule has 0 aliphatic carbocycles. The summed E-state index contributed by atoms with van der Waals surface area (Å²) < 4.78 is 6.73. The highest BCUT2D eigenvalue weighted by Gasteiger charge is 2.19. The molecule has 0 aliphatic heterocycles. The Labute approximate surface area is 211 Å². The third kappa shape index (κ3) is 4.90. The minimum absolute atomic E-state index is 0.394. The molecule has 1 aromatic heterocycles. The van der Waals surface area contributed by atoms with Gasteiger partial charge in [0, 0.05) is 16.7 Å². The highest BCUT2D eigenvalue weighted by atomic mass is 35.5. The summed E-state index contributed by atoms with van der Waals surface area (Å²) in [6.45, 7) is 2.41. The maximum Gasteiger partial charge on any atom is 0.337 e. The molecule has 0 spiro atoms. The fraction of sp³-hybridized carbons (Fsp3) is 0.120. The molecular weight excluding hydrogens is 502 g/mol. The molecule has 4 nitrogen and oxygen atoms in total. The van der Waals surface area contributed by atoms with Gasteiger partial charge in [-0.05, 0) is 48.9 Å². The summed E-state index contributed by atoms with van der Waals surface area (Å²) in [4.78, 5) is 12.0. The van der Waals surface area contributed by atoms with Crippen LogP contribution in [0.5, 0.6) is 0 Å². The molecule has 0 fully saturated rings. The second-order valence-electron chi connectivity index (χ2n) is 7.43. The number of methoxy groups -OCH3 is 1. The van der Waals surface area contributed by atoms with Crippen molar-refractivity contribution >= 4 is 52.4 Å². The van der Waals surface area contributed by atoms with Crippen LogP contribution in [-0.4, -0.2) is 22.9 Å². The highest BCUT2D eigenvalue weighted by molar-refractivity contribution is 6.42. The molecule has 1 heterocycles. The number of esters is 1. The average molecular weight is 520 g/mol. The maximum atomic E-state index is 12.0. The van der Waals surface area contributed by atoms with E-state index < -0.39 is 5.97 Å². The van der Waals surface area contributed by atoms with Crippen LogP contribution in [0.4, 0.5) is 0 Å². The Morgan fingerprint density at radius 1 is 0.879 bits per heavy atom. The van der Waals surface area contributed by atoms with Gasteiger partial charge in [-0.15, -0.1) is 0 Å². The number of carbonyl (C=O) groups excluding carboxylic acids is 1. The van der Waals surface area contributed by atoms with Crippen LogP contribution >= 0.6 is 46.4 Å². The standard InChI is InChI=1S/C25H18Cl4N2O2/c1-14-23(16-6-8-19(26)21(28)11-16)30-31(24(14)17-7-9-20(27)22(29)12-17)13-15-4-3-5-18(10-15)25(32)33-2/h3-12H,13H2,1-2H3. The van der Waals surface area contributed by atoms with E-state index in [1.165, 1.54) is 7.11 Å². The van der Waals surface area contributed by atoms with Gasteiger partial charge in [0.25, 0.3) is 0 Å². The van der Waals surface area contributed by atoms with E-state index >= 15 is 0 Å². The molecular formula is C25H18Cl4N2O2. The Balaban J connectivity index is 1.86. The van der Waals surface area contributed by atoms with E-state index in [1.807, 2.05) is 41.9 Å². The molecule has 4 rings (SSSR count). The molecule has 0 saturated carbocycles. The molecule has 0 aliphatic rings. The van der Waals surface area contributed by atoms with Crippen LogP contribution in [-0.2, 0) is 11.3 Å². The Hall–Kier alpha value is -2.50. The van der Waals surface area contributed by atoms with Crippen LogP contribution in [0.2, 0.25) is 20.1 Å². The summed E-state index contributed by atoms with van der Waals surface area (Å²) in [6.07, 6.45) is 0. The molecule has 0 radical (unpaired) electrons. The first-order chi connectivity index (χ1) is 15.8. The van der Waals surface area contributed by atoms with Crippen molar-refractivity contribution in [2.24, 2.45) is 0 Å². The summed E-state index contributed by atoms with van der Waals surface area (Å²) >= 11 is 24.8. The number of aromatic nitrogens is 2. The van der Waals surface area contributed by atoms with E-state index in [0.29, 0.717) is 32.2 Å². The molecule has 0 N–H and O–H groups in total. The van der Waals surface area contributed by atoms with Crippen LogP contribution in [0.25, 0.3) is 22.5 Å². The van der Waals surface area contributed by atoms with Gasteiger partial charge in [0.15, 0.2) is 0 Å². The zero-order valence-corrected chi connectivity index (χ0v) is 20.7. The van der Waals surface area contributed by atoms with E-state index in [2.05, 4.69) is 0 Å². The van der Waals surface area contributed by atoms with E-state index in [9.17, 15) is 4.79 Å². The second-order valence-corrected chi connectivity index (χ2v) is 9.06. The average Bonchev–Trinajstić information content (AvgIpc) is 3.12. The summed E-state index contributed by atoms with van der Waals surface area (Å²) in [6, 6.07) is 18.1. The number of hydrogen-bond donors (Lipinski definition) is 0. The van der Waals surface area contributed by atoms with Crippen molar-refractivity contribution in [3.05, 3.63) is 97.4 Å². The number of rotatable bonds is 5. The van der Waals surface area contributed by atoms with E-state index in [0.717, 1.165) is 33.6 Å². The molecule has 33 heavy (non-hydrogen) atoms. The summed E-state index contributed by atoms with van der Waals surface area (Å²) in [5.41, 5.74) is 5.64. The van der Waals surface area contributed by atoms with Gasteiger partial charge >= 0.3 is 5.97 Å². The SMILES string of the molecule is COC(=O)c1cccc(Cn2nc(-c3ccc(Cl)c(Cl)c3)c(C)c2-c2ccc(Cl)c(Cl)c2)c1. The quantitative estimate of drug-likeness (QED) is 0.251. The lowest BCUT2D eigenvalue weighted by Crippen LogP contribution is -2.07. The van der Waals surface area contributed by atoms with Crippen molar-refractivity contribution in [2.45, 2.75) is 13.5 Å². The van der Waals surface area contributed by atoms with Gasteiger partial charge < -0.3 is 4.74 Å². The lowest BCUT2D eigenvalue weighted by Gasteiger charge is -2.11. The number of ether oxygens (including phenoxy) is 1. The molecule has 0 atom stereocenters. The fourth-order valence-electron chi connectivity index (χ4n) is 3.68. The third-order valence-electron chi connectivity index (χ3n) is 5.26. The van der Waals surface area contributed by atoms with Crippen molar-refractivity contribution in [3.8, 4) is 22.5 Å². The molecule has 0 saturated heterocycles.